The van der Waals surface area contributed by atoms with Crippen LogP contribution >= 0.6 is 0 Å². The number of carbonyl (C=O) groups is 1. The summed E-state index contributed by atoms with van der Waals surface area (Å²) >= 11 is 0. The summed E-state index contributed by atoms with van der Waals surface area (Å²) in [4.78, 5) is 18.0. The van der Waals surface area contributed by atoms with Crippen molar-refractivity contribution in [2.24, 2.45) is 0 Å². The molecular formula is C17H22N4O. The molecule has 0 bridgehead atoms. The molecule has 1 heterocycles. The molecule has 5 heteroatoms. The van der Waals surface area contributed by atoms with Gasteiger partial charge in [0.2, 0.25) is 0 Å². The summed E-state index contributed by atoms with van der Waals surface area (Å²) in [5.41, 5.74) is 2.24. The van der Waals surface area contributed by atoms with Crippen molar-refractivity contribution >= 4 is 11.8 Å². The molecule has 0 radical (unpaired) electrons. The topological polar surface area (TPSA) is 57.3 Å². The van der Waals surface area contributed by atoms with Gasteiger partial charge in [-0.15, -0.1) is 0 Å². The molecule has 0 aliphatic carbocycles. The van der Waals surface area contributed by atoms with Gasteiger partial charge in [0.25, 0.3) is 0 Å². The molecule has 0 fully saturated rings. The molecule has 0 aliphatic heterocycles. The predicted molar refractivity (Wildman–Crippen MR) is 88.9 cm³/mol. The van der Waals surface area contributed by atoms with Gasteiger partial charge in [-0.25, -0.2) is 9.78 Å². The normalized spacial score (nSPS) is 10.1. The lowest BCUT2D eigenvalue weighted by molar-refractivity contribution is 0.240. The van der Waals surface area contributed by atoms with Crippen molar-refractivity contribution in [3.8, 4) is 0 Å². The van der Waals surface area contributed by atoms with E-state index in [0.29, 0.717) is 13.1 Å². The van der Waals surface area contributed by atoms with Gasteiger partial charge in [-0.1, -0.05) is 30.3 Å². The molecule has 2 rings (SSSR count). The summed E-state index contributed by atoms with van der Waals surface area (Å²) < 4.78 is 0. The Morgan fingerprint density at radius 2 is 1.86 bits per heavy atom. The lowest BCUT2D eigenvalue weighted by atomic mass is 10.1. The van der Waals surface area contributed by atoms with Crippen molar-refractivity contribution in [2.75, 3.05) is 25.5 Å². The summed E-state index contributed by atoms with van der Waals surface area (Å²) in [5, 5.41) is 5.72. The van der Waals surface area contributed by atoms with Gasteiger partial charge in [0.1, 0.15) is 5.82 Å². The molecule has 2 N–H and O–H groups in total. The number of benzene rings is 1. The zero-order valence-electron chi connectivity index (χ0n) is 13.0. The summed E-state index contributed by atoms with van der Waals surface area (Å²) in [7, 11) is 3.88. The number of aromatic nitrogens is 1. The highest BCUT2D eigenvalue weighted by Gasteiger charge is 2.02. The van der Waals surface area contributed by atoms with Crippen LogP contribution in [0, 0.1) is 0 Å². The Morgan fingerprint density at radius 3 is 2.59 bits per heavy atom. The van der Waals surface area contributed by atoms with Gasteiger partial charge in [0, 0.05) is 33.4 Å². The molecule has 116 valence electrons. The molecule has 2 aromatic rings. The fourth-order valence-electron chi connectivity index (χ4n) is 2.02. The molecule has 0 spiro atoms. The Morgan fingerprint density at radius 1 is 1.09 bits per heavy atom. The minimum Gasteiger partial charge on any atom is -0.363 e. The molecule has 0 saturated carbocycles. The Bertz CT molecular complexity index is 599. The van der Waals surface area contributed by atoms with Crippen LogP contribution in [-0.4, -0.2) is 31.7 Å². The Balaban J connectivity index is 1.72. The SMILES string of the molecule is CN(C)c1cc(CNC(=O)NCCc2ccccc2)ccn1. The number of hydrogen-bond donors (Lipinski definition) is 2. The van der Waals surface area contributed by atoms with Crippen LogP contribution in [-0.2, 0) is 13.0 Å². The van der Waals surface area contributed by atoms with Crippen LogP contribution in [0.2, 0.25) is 0 Å². The molecule has 0 saturated heterocycles. The van der Waals surface area contributed by atoms with E-state index in [-0.39, 0.29) is 6.03 Å². The maximum Gasteiger partial charge on any atom is 0.315 e. The third-order valence-corrected chi connectivity index (χ3v) is 3.26. The van der Waals surface area contributed by atoms with E-state index in [0.717, 1.165) is 17.8 Å². The highest BCUT2D eigenvalue weighted by atomic mass is 16.2. The average Bonchev–Trinajstić information content (AvgIpc) is 2.54. The lowest BCUT2D eigenvalue weighted by Gasteiger charge is -2.12. The van der Waals surface area contributed by atoms with E-state index in [1.165, 1.54) is 5.56 Å². The van der Waals surface area contributed by atoms with Gasteiger partial charge in [0.05, 0.1) is 0 Å². The van der Waals surface area contributed by atoms with Crippen LogP contribution in [0.1, 0.15) is 11.1 Å². The second-order valence-corrected chi connectivity index (χ2v) is 5.26. The van der Waals surface area contributed by atoms with E-state index in [1.807, 2.05) is 49.3 Å². The number of hydrogen-bond acceptors (Lipinski definition) is 3. The summed E-state index contributed by atoms with van der Waals surface area (Å²) in [5.74, 6) is 0.879. The van der Waals surface area contributed by atoms with Crippen LogP contribution in [0.3, 0.4) is 0 Å². The van der Waals surface area contributed by atoms with Crippen LogP contribution in [0.5, 0.6) is 0 Å². The number of amides is 2. The molecule has 0 atom stereocenters. The van der Waals surface area contributed by atoms with Gasteiger partial charge < -0.3 is 15.5 Å². The molecule has 1 aromatic heterocycles. The number of pyridine rings is 1. The van der Waals surface area contributed by atoms with E-state index >= 15 is 0 Å². The maximum atomic E-state index is 11.8. The van der Waals surface area contributed by atoms with Gasteiger partial charge in [0.15, 0.2) is 0 Å². The van der Waals surface area contributed by atoms with Crippen molar-refractivity contribution in [1.82, 2.24) is 15.6 Å². The third-order valence-electron chi connectivity index (χ3n) is 3.26. The first-order valence-electron chi connectivity index (χ1n) is 7.33. The van der Waals surface area contributed by atoms with Crippen LogP contribution < -0.4 is 15.5 Å². The zero-order valence-corrected chi connectivity index (χ0v) is 13.0. The van der Waals surface area contributed by atoms with Gasteiger partial charge in [-0.3, -0.25) is 0 Å². The zero-order chi connectivity index (χ0) is 15.8. The highest BCUT2D eigenvalue weighted by Crippen LogP contribution is 2.09. The summed E-state index contributed by atoms with van der Waals surface area (Å²) in [6.45, 7) is 1.11. The smallest absolute Gasteiger partial charge is 0.315 e. The largest absolute Gasteiger partial charge is 0.363 e. The third kappa shape index (κ3) is 5.09. The Labute approximate surface area is 131 Å². The van der Waals surface area contributed by atoms with Gasteiger partial charge in [-0.2, -0.15) is 0 Å². The van der Waals surface area contributed by atoms with Crippen molar-refractivity contribution in [3.05, 3.63) is 59.8 Å². The molecule has 0 unspecified atom stereocenters. The first kappa shape index (κ1) is 15.8. The first-order chi connectivity index (χ1) is 10.6. The Hall–Kier alpha value is -2.56. The van der Waals surface area contributed by atoms with Crippen LogP contribution in [0.4, 0.5) is 10.6 Å². The maximum absolute atomic E-state index is 11.8. The predicted octanol–water partition coefficient (Wildman–Crippen LogP) is 2.19. The Kier molecular flexibility index (Phi) is 5.77. The number of nitrogens with zero attached hydrogens (tertiary/aromatic N) is 2. The van der Waals surface area contributed by atoms with Crippen molar-refractivity contribution < 1.29 is 4.79 Å². The number of anilines is 1. The number of carbonyl (C=O) groups excluding carboxylic acids is 1. The van der Waals surface area contributed by atoms with E-state index in [9.17, 15) is 4.79 Å². The average molecular weight is 298 g/mol. The second kappa shape index (κ2) is 8.02. The minimum atomic E-state index is -0.154. The quantitative estimate of drug-likeness (QED) is 0.859. The molecule has 5 nitrogen and oxygen atoms in total. The van der Waals surface area contributed by atoms with E-state index < -0.39 is 0 Å². The van der Waals surface area contributed by atoms with Crippen LogP contribution in [0.15, 0.2) is 48.7 Å². The fourth-order valence-corrected chi connectivity index (χ4v) is 2.02. The summed E-state index contributed by atoms with van der Waals surface area (Å²) in [6.07, 6.45) is 2.58. The molecule has 0 aliphatic rings. The highest BCUT2D eigenvalue weighted by molar-refractivity contribution is 5.73. The van der Waals surface area contributed by atoms with E-state index in [1.54, 1.807) is 6.20 Å². The van der Waals surface area contributed by atoms with E-state index in [2.05, 4.69) is 27.8 Å². The van der Waals surface area contributed by atoms with Gasteiger partial charge >= 0.3 is 6.03 Å². The monoisotopic (exact) mass is 298 g/mol. The molecular weight excluding hydrogens is 276 g/mol. The molecule has 2 amide bonds. The number of nitrogens with one attached hydrogen (secondary N) is 2. The lowest BCUT2D eigenvalue weighted by Crippen LogP contribution is -2.36. The first-order valence-corrected chi connectivity index (χ1v) is 7.33. The van der Waals surface area contributed by atoms with Crippen LogP contribution in [0.25, 0.3) is 0 Å². The summed E-state index contributed by atoms with van der Waals surface area (Å²) in [6, 6.07) is 13.8. The van der Waals surface area contributed by atoms with Crippen molar-refractivity contribution in [3.63, 3.8) is 0 Å². The standard InChI is InChI=1S/C17H22N4O/c1-21(2)16-12-15(9-10-18-16)13-20-17(22)19-11-8-14-6-4-3-5-7-14/h3-7,9-10,12H,8,11,13H2,1-2H3,(H2,19,20,22). The van der Waals surface area contributed by atoms with Gasteiger partial charge in [-0.05, 0) is 29.7 Å². The minimum absolute atomic E-state index is 0.154. The van der Waals surface area contributed by atoms with E-state index in [4.69, 9.17) is 0 Å². The molecule has 1 aromatic carbocycles. The fraction of sp³-hybridized carbons (Fsp3) is 0.294. The number of rotatable bonds is 6. The second-order valence-electron chi connectivity index (χ2n) is 5.26. The van der Waals surface area contributed by atoms with Crippen molar-refractivity contribution in [1.29, 1.82) is 0 Å². The van der Waals surface area contributed by atoms with Crippen molar-refractivity contribution in [2.45, 2.75) is 13.0 Å². The molecule has 22 heavy (non-hydrogen) atoms. The number of urea groups is 1.